The third kappa shape index (κ3) is 4.21. The molecule has 0 saturated carbocycles. The van der Waals surface area contributed by atoms with E-state index in [4.69, 9.17) is 16.9 Å². The second kappa shape index (κ2) is 6.90. The van der Waals surface area contributed by atoms with E-state index in [1.165, 1.54) is 6.07 Å². The van der Waals surface area contributed by atoms with Crippen molar-refractivity contribution in [3.05, 3.63) is 39.9 Å². The number of hydrogen-bond donors (Lipinski definition) is 1. The van der Waals surface area contributed by atoms with Crippen LogP contribution in [-0.2, 0) is 16.2 Å². The molecule has 0 unspecified atom stereocenters. The van der Waals surface area contributed by atoms with Crippen LogP contribution in [0.4, 0.5) is 30.7 Å². The monoisotopic (exact) mass is 450 g/mol. The smallest absolute Gasteiger partial charge is 0.231 e. The van der Waals surface area contributed by atoms with Crippen molar-refractivity contribution < 1.29 is 39.2 Å². The van der Waals surface area contributed by atoms with Gasteiger partial charge in [-0.2, -0.15) is 36.7 Å². The zero-order valence-electron chi connectivity index (χ0n) is 13.2. The summed E-state index contributed by atoms with van der Waals surface area (Å²) in [6.07, 6.45) is -10.3. The first-order chi connectivity index (χ1) is 12.6. The molecule has 0 amide bonds. The molecule has 28 heavy (non-hydrogen) atoms. The Hall–Kier alpha value is -2.37. The van der Waals surface area contributed by atoms with Crippen LogP contribution in [0.5, 0.6) is 0 Å². The van der Waals surface area contributed by atoms with Crippen molar-refractivity contribution in [3.8, 4) is 11.8 Å². The zero-order chi connectivity index (χ0) is 21.7. The van der Waals surface area contributed by atoms with Crippen LogP contribution in [0.2, 0.25) is 5.02 Å². The highest BCUT2D eigenvalue weighted by molar-refractivity contribution is 7.89. The summed E-state index contributed by atoms with van der Waals surface area (Å²) in [5.41, 5.74) is -4.08. The Morgan fingerprint density at radius 3 is 2.21 bits per heavy atom. The van der Waals surface area contributed by atoms with Crippen LogP contribution in [0.3, 0.4) is 0 Å². The lowest BCUT2D eigenvalue weighted by molar-refractivity contribution is -0.138. The fourth-order valence-electron chi connectivity index (χ4n) is 2.24. The fourth-order valence-corrected chi connectivity index (χ4v) is 3.75. The average molecular weight is 451 g/mol. The number of aromatic nitrogens is 2. The molecule has 0 spiro atoms. The summed E-state index contributed by atoms with van der Waals surface area (Å²) in [6, 6.07) is 1.58. The molecule has 1 aromatic carbocycles. The van der Waals surface area contributed by atoms with Gasteiger partial charge >= 0.3 is 12.5 Å². The molecule has 0 aliphatic rings. The highest BCUT2D eigenvalue weighted by Gasteiger charge is 2.39. The lowest BCUT2D eigenvalue weighted by atomic mass is 10.2. The molecular weight excluding hydrogens is 445 g/mol. The molecule has 2 aromatic rings. The van der Waals surface area contributed by atoms with E-state index in [1.807, 2.05) is 0 Å². The van der Waals surface area contributed by atoms with Crippen LogP contribution in [0.25, 0.3) is 5.69 Å². The number of alkyl halides is 6. The van der Waals surface area contributed by atoms with E-state index in [0.717, 1.165) is 6.92 Å². The van der Waals surface area contributed by atoms with Crippen LogP contribution >= 0.6 is 11.6 Å². The van der Waals surface area contributed by atoms with Crippen LogP contribution < -0.4 is 4.72 Å². The maximum absolute atomic E-state index is 14.2. The summed E-state index contributed by atoms with van der Waals surface area (Å²) < 4.78 is 114. The summed E-state index contributed by atoms with van der Waals surface area (Å²) in [4.78, 5) is -1.23. The highest BCUT2D eigenvalue weighted by atomic mass is 35.5. The molecule has 152 valence electrons. The van der Waals surface area contributed by atoms with E-state index in [9.17, 15) is 39.2 Å². The van der Waals surface area contributed by atoms with Crippen LogP contribution in [0.1, 0.15) is 17.0 Å². The van der Waals surface area contributed by atoms with Gasteiger partial charge in [0.1, 0.15) is 16.7 Å². The average Bonchev–Trinajstić information content (AvgIpc) is 2.80. The molecule has 0 radical (unpaired) electrons. The number of hydrogen-bond acceptors (Lipinski definition) is 4. The second-order valence-electron chi connectivity index (χ2n) is 5.18. The third-order valence-electron chi connectivity index (χ3n) is 3.24. The lowest BCUT2D eigenvalue weighted by Gasteiger charge is -2.13. The first-order valence-electron chi connectivity index (χ1n) is 6.75. The molecule has 1 N–H and O–H groups in total. The molecule has 6 nitrogen and oxygen atoms in total. The summed E-state index contributed by atoms with van der Waals surface area (Å²) in [5, 5.41) is 11.5. The minimum absolute atomic E-state index is 0.0382. The second-order valence-corrected chi connectivity index (χ2v) is 7.20. The SMILES string of the molecule is Cc1c(S(=O)(=O)NC(F)(F)F)c(C#N)nn1-c1c(F)cc(C(F)(F)F)cc1Cl. The predicted octanol–water partition coefficient (Wildman–Crippen LogP) is 3.66. The molecule has 0 bridgehead atoms. The van der Waals surface area contributed by atoms with Crippen molar-refractivity contribution >= 4 is 21.6 Å². The van der Waals surface area contributed by atoms with Gasteiger partial charge in [-0.3, -0.25) is 0 Å². The quantitative estimate of drug-likeness (QED) is 0.571. The molecule has 0 aliphatic heterocycles. The van der Waals surface area contributed by atoms with E-state index >= 15 is 0 Å². The molecule has 15 heteroatoms. The van der Waals surface area contributed by atoms with Crippen LogP contribution in [-0.4, -0.2) is 24.5 Å². The maximum atomic E-state index is 14.2. The molecule has 1 aromatic heterocycles. The number of nitrogens with one attached hydrogen (secondary N) is 1. The van der Waals surface area contributed by atoms with Gasteiger partial charge in [0.25, 0.3) is 10.0 Å². The van der Waals surface area contributed by atoms with Crippen LogP contribution in [0.15, 0.2) is 17.0 Å². The summed E-state index contributed by atoms with van der Waals surface area (Å²) in [7, 11) is -5.36. The lowest BCUT2D eigenvalue weighted by Crippen LogP contribution is -2.37. The topological polar surface area (TPSA) is 87.8 Å². The van der Waals surface area contributed by atoms with Gasteiger partial charge in [0, 0.05) is 0 Å². The summed E-state index contributed by atoms with van der Waals surface area (Å²) >= 11 is 5.64. The Labute approximate surface area is 157 Å². The minimum atomic E-state index is -5.39. The van der Waals surface area contributed by atoms with Gasteiger partial charge in [-0.05, 0) is 19.1 Å². The first kappa shape index (κ1) is 21.9. The van der Waals surface area contributed by atoms with E-state index in [2.05, 4.69) is 5.10 Å². The minimum Gasteiger partial charge on any atom is -0.231 e. The van der Waals surface area contributed by atoms with Crippen molar-refractivity contribution in [1.29, 1.82) is 5.26 Å². The molecule has 0 saturated heterocycles. The molecule has 0 atom stereocenters. The highest BCUT2D eigenvalue weighted by Crippen LogP contribution is 2.36. The number of benzene rings is 1. The molecule has 1 heterocycles. The van der Waals surface area contributed by atoms with Gasteiger partial charge in [0.15, 0.2) is 11.5 Å². The Kier molecular flexibility index (Phi) is 5.41. The van der Waals surface area contributed by atoms with Crippen molar-refractivity contribution in [2.45, 2.75) is 24.3 Å². The number of sulfonamides is 1. The molecular formula is C13H6ClF7N4O2S. The summed E-state index contributed by atoms with van der Waals surface area (Å²) in [5.74, 6) is -1.59. The zero-order valence-corrected chi connectivity index (χ0v) is 14.8. The maximum Gasteiger partial charge on any atom is 0.470 e. The van der Waals surface area contributed by atoms with Crippen molar-refractivity contribution in [3.63, 3.8) is 0 Å². The van der Waals surface area contributed by atoms with E-state index < -0.39 is 60.9 Å². The standard InChI is InChI=1S/C13H6ClF7N4O2S/c1-5-11(28(26,27)24-13(19,20)21)9(4-22)23-25(5)10-7(14)2-6(3-8(10)15)12(16,17)18/h2-3,24H,1H3. The first-order valence-corrected chi connectivity index (χ1v) is 8.61. The largest absolute Gasteiger partial charge is 0.470 e. The van der Waals surface area contributed by atoms with Crippen molar-refractivity contribution in [2.24, 2.45) is 0 Å². The van der Waals surface area contributed by atoms with E-state index in [0.29, 0.717) is 15.5 Å². The van der Waals surface area contributed by atoms with Gasteiger partial charge in [0.05, 0.1) is 16.3 Å². The fraction of sp³-hybridized carbons (Fsp3) is 0.231. The third-order valence-corrected chi connectivity index (χ3v) is 5.06. The van der Waals surface area contributed by atoms with Gasteiger partial charge in [-0.1, -0.05) is 11.6 Å². The normalized spacial score (nSPS) is 12.9. The molecule has 0 aliphatic carbocycles. The number of halogens is 8. The Balaban J connectivity index is 2.75. The number of rotatable bonds is 3. The molecule has 0 fully saturated rings. The van der Waals surface area contributed by atoms with Gasteiger partial charge in [-0.15, -0.1) is 4.72 Å². The van der Waals surface area contributed by atoms with E-state index in [1.54, 1.807) is 0 Å². The molecule has 2 rings (SSSR count). The van der Waals surface area contributed by atoms with Crippen LogP contribution in [0, 0.1) is 24.1 Å². The predicted molar refractivity (Wildman–Crippen MR) is 79.4 cm³/mol. The van der Waals surface area contributed by atoms with Gasteiger partial charge in [0.2, 0.25) is 0 Å². The summed E-state index contributed by atoms with van der Waals surface area (Å²) in [6.45, 7) is 0.867. The van der Waals surface area contributed by atoms with E-state index in [-0.39, 0.29) is 6.07 Å². The van der Waals surface area contributed by atoms with Gasteiger partial charge < -0.3 is 0 Å². The number of nitriles is 1. The number of nitrogens with zero attached hydrogens (tertiary/aromatic N) is 3. The van der Waals surface area contributed by atoms with Gasteiger partial charge in [-0.25, -0.2) is 17.5 Å². The van der Waals surface area contributed by atoms with Crippen molar-refractivity contribution in [2.75, 3.05) is 0 Å². The van der Waals surface area contributed by atoms with Crippen molar-refractivity contribution in [1.82, 2.24) is 14.5 Å². The Bertz CT molecular complexity index is 1060. The Morgan fingerprint density at radius 1 is 1.21 bits per heavy atom. The Morgan fingerprint density at radius 2 is 1.79 bits per heavy atom.